The molecule has 0 bridgehead atoms. The van der Waals surface area contributed by atoms with Gasteiger partial charge in [-0.05, 0) is 0 Å². The van der Waals surface area contributed by atoms with Crippen LogP contribution in [0.1, 0.15) is 5.69 Å². The summed E-state index contributed by atoms with van der Waals surface area (Å²) in [4.78, 5) is 4.04. The van der Waals surface area contributed by atoms with Gasteiger partial charge >= 0.3 is 0 Å². The van der Waals surface area contributed by atoms with Crippen molar-refractivity contribution in [3.63, 3.8) is 0 Å². The molecule has 1 rings (SSSR count). The molecule has 1 heterocycles. The largest absolute Gasteiger partial charge is 0.432 e. The lowest BCUT2D eigenvalue weighted by Crippen LogP contribution is -2.07. The summed E-state index contributed by atoms with van der Waals surface area (Å²) in [6.07, 6.45) is 1.54. The molecule has 0 fully saturated rings. The predicted molar refractivity (Wildman–Crippen MR) is 44.8 cm³/mol. The van der Waals surface area contributed by atoms with Crippen molar-refractivity contribution >= 4 is 6.01 Å². The van der Waals surface area contributed by atoms with Crippen LogP contribution in [0.3, 0.4) is 0 Å². The molecular weight excluding hydrogens is 158 g/mol. The van der Waals surface area contributed by atoms with E-state index in [4.69, 9.17) is 14.9 Å². The van der Waals surface area contributed by atoms with Crippen LogP contribution in [0.4, 0.5) is 6.01 Å². The third kappa shape index (κ3) is 2.52. The van der Waals surface area contributed by atoms with Gasteiger partial charge in [-0.1, -0.05) is 0 Å². The van der Waals surface area contributed by atoms with E-state index in [1.807, 2.05) is 0 Å². The number of methoxy groups -OCH3 is 1. The zero-order chi connectivity index (χ0) is 8.81. The van der Waals surface area contributed by atoms with Gasteiger partial charge in [0, 0.05) is 20.2 Å². The fourth-order valence-electron chi connectivity index (χ4n) is 0.742. The molecule has 0 amide bonds. The molecule has 1 aromatic rings. The monoisotopic (exact) mass is 171 g/mol. The highest BCUT2D eigenvalue weighted by Gasteiger charge is 1.99. The number of hydrogen-bond donors (Lipinski definition) is 2. The molecule has 0 aromatic carbocycles. The van der Waals surface area contributed by atoms with Crippen LogP contribution in [-0.4, -0.2) is 25.2 Å². The Labute approximate surface area is 70.9 Å². The summed E-state index contributed by atoms with van der Waals surface area (Å²) >= 11 is 0. The van der Waals surface area contributed by atoms with Crippen LogP contribution in [0.2, 0.25) is 0 Å². The molecule has 0 radical (unpaired) electrons. The summed E-state index contributed by atoms with van der Waals surface area (Å²) < 4.78 is 9.88. The Hall–Kier alpha value is -1.07. The van der Waals surface area contributed by atoms with Gasteiger partial charge in [0.25, 0.3) is 6.01 Å². The number of nitrogens with one attached hydrogen (secondary N) is 1. The highest BCUT2D eigenvalue weighted by molar-refractivity contribution is 5.20. The van der Waals surface area contributed by atoms with E-state index in [1.54, 1.807) is 7.11 Å². The fraction of sp³-hybridized carbons (Fsp3) is 0.571. The van der Waals surface area contributed by atoms with Gasteiger partial charge in [-0.3, -0.25) is 0 Å². The molecule has 0 aliphatic carbocycles. The number of hydrogen-bond acceptors (Lipinski definition) is 5. The van der Waals surface area contributed by atoms with Gasteiger partial charge in [0.15, 0.2) is 0 Å². The number of ether oxygens (including phenoxy) is 1. The van der Waals surface area contributed by atoms with Gasteiger partial charge < -0.3 is 20.2 Å². The van der Waals surface area contributed by atoms with Gasteiger partial charge in [0.1, 0.15) is 6.26 Å². The predicted octanol–water partition coefficient (Wildman–Crippen LogP) is 0.192. The lowest BCUT2D eigenvalue weighted by atomic mass is 10.5. The van der Waals surface area contributed by atoms with Crippen LogP contribution in [0, 0.1) is 0 Å². The van der Waals surface area contributed by atoms with Crippen molar-refractivity contribution in [1.29, 1.82) is 0 Å². The van der Waals surface area contributed by atoms with E-state index in [9.17, 15) is 0 Å². The Balaban J connectivity index is 2.31. The van der Waals surface area contributed by atoms with E-state index < -0.39 is 0 Å². The molecule has 0 atom stereocenters. The first-order valence-electron chi connectivity index (χ1n) is 3.74. The van der Waals surface area contributed by atoms with E-state index in [1.165, 1.54) is 6.26 Å². The molecule has 0 saturated carbocycles. The Kier molecular flexibility index (Phi) is 3.56. The standard InChI is InChI=1S/C7H13N3O2/c1-11-3-2-9-7-10-6(4-8)5-12-7/h5H,2-4,8H2,1H3,(H,9,10). The van der Waals surface area contributed by atoms with Crippen molar-refractivity contribution in [2.45, 2.75) is 6.54 Å². The number of aromatic nitrogens is 1. The lowest BCUT2D eigenvalue weighted by Gasteiger charge is -1.98. The quantitative estimate of drug-likeness (QED) is 0.619. The number of nitrogens with zero attached hydrogens (tertiary/aromatic N) is 1. The molecule has 5 heteroatoms. The Morgan fingerprint density at radius 1 is 1.75 bits per heavy atom. The SMILES string of the molecule is COCCNc1nc(CN)co1. The minimum Gasteiger partial charge on any atom is -0.432 e. The topological polar surface area (TPSA) is 73.3 Å². The summed E-state index contributed by atoms with van der Waals surface area (Å²) in [7, 11) is 1.64. The van der Waals surface area contributed by atoms with E-state index in [-0.39, 0.29) is 0 Å². The van der Waals surface area contributed by atoms with Gasteiger partial charge in [0.05, 0.1) is 12.3 Å². The molecule has 0 unspecified atom stereocenters. The Bertz CT molecular complexity index is 224. The maximum Gasteiger partial charge on any atom is 0.294 e. The van der Waals surface area contributed by atoms with Gasteiger partial charge in [0.2, 0.25) is 0 Å². The highest BCUT2D eigenvalue weighted by Crippen LogP contribution is 2.05. The first kappa shape index (κ1) is 9.02. The average molecular weight is 171 g/mol. The molecule has 5 nitrogen and oxygen atoms in total. The average Bonchev–Trinajstić information content (AvgIpc) is 2.53. The van der Waals surface area contributed by atoms with Gasteiger partial charge in [-0.15, -0.1) is 0 Å². The molecule has 1 aromatic heterocycles. The third-order valence-corrected chi connectivity index (χ3v) is 1.34. The highest BCUT2D eigenvalue weighted by atomic mass is 16.5. The normalized spacial score (nSPS) is 10.2. The summed E-state index contributed by atoms with van der Waals surface area (Å²) in [5.74, 6) is 0. The number of anilines is 1. The van der Waals surface area contributed by atoms with Crippen molar-refractivity contribution in [2.75, 3.05) is 25.6 Å². The maximum absolute atomic E-state index is 5.34. The number of nitrogens with two attached hydrogens (primary N) is 1. The molecular formula is C7H13N3O2. The Morgan fingerprint density at radius 2 is 2.58 bits per heavy atom. The summed E-state index contributed by atoms with van der Waals surface area (Å²) in [5, 5.41) is 2.94. The first-order chi connectivity index (χ1) is 5.86. The molecule has 68 valence electrons. The minimum absolute atomic E-state index is 0.398. The zero-order valence-electron chi connectivity index (χ0n) is 7.04. The molecule has 0 aliphatic rings. The van der Waals surface area contributed by atoms with E-state index >= 15 is 0 Å². The van der Waals surface area contributed by atoms with E-state index in [0.717, 1.165) is 5.69 Å². The Morgan fingerprint density at radius 3 is 3.17 bits per heavy atom. The second kappa shape index (κ2) is 4.74. The fourth-order valence-corrected chi connectivity index (χ4v) is 0.742. The second-order valence-corrected chi connectivity index (χ2v) is 2.27. The van der Waals surface area contributed by atoms with Crippen molar-refractivity contribution in [3.8, 4) is 0 Å². The van der Waals surface area contributed by atoms with Crippen molar-refractivity contribution < 1.29 is 9.15 Å². The first-order valence-corrected chi connectivity index (χ1v) is 3.74. The van der Waals surface area contributed by atoms with E-state index in [2.05, 4.69) is 10.3 Å². The molecule has 12 heavy (non-hydrogen) atoms. The van der Waals surface area contributed by atoms with E-state index in [0.29, 0.717) is 25.7 Å². The lowest BCUT2D eigenvalue weighted by molar-refractivity contribution is 0.210. The number of oxazole rings is 1. The minimum atomic E-state index is 0.398. The molecule has 0 spiro atoms. The van der Waals surface area contributed by atoms with Crippen LogP contribution in [0.15, 0.2) is 10.7 Å². The van der Waals surface area contributed by atoms with Crippen LogP contribution in [0.5, 0.6) is 0 Å². The van der Waals surface area contributed by atoms with Crippen LogP contribution in [0.25, 0.3) is 0 Å². The maximum atomic E-state index is 5.34. The molecule has 0 saturated heterocycles. The summed E-state index contributed by atoms with van der Waals surface area (Å²) in [5.41, 5.74) is 6.09. The zero-order valence-corrected chi connectivity index (χ0v) is 7.04. The second-order valence-electron chi connectivity index (χ2n) is 2.27. The van der Waals surface area contributed by atoms with Crippen LogP contribution < -0.4 is 11.1 Å². The number of rotatable bonds is 5. The van der Waals surface area contributed by atoms with Gasteiger partial charge in [-0.25, -0.2) is 0 Å². The van der Waals surface area contributed by atoms with Crippen molar-refractivity contribution in [2.24, 2.45) is 5.73 Å². The summed E-state index contributed by atoms with van der Waals surface area (Å²) in [6.45, 7) is 1.71. The molecule has 3 N–H and O–H groups in total. The third-order valence-electron chi connectivity index (χ3n) is 1.34. The van der Waals surface area contributed by atoms with Crippen LogP contribution in [-0.2, 0) is 11.3 Å². The summed E-state index contributed by atoms with van der Waals surface area (Å²) in [6, 6.07) is 0.493. The van der Waals surface area contributed by atoms with Gasteiger partial charge in [-0.2, -0.15) is 4.98 Å². The van der Waals surface area contributed by atoms with Crippen LogP contribution >= 0.6 is 0 Å². The molecule has 0 aliphatic heterocycles. The van der Waals surface area contributed by atoms with Crippen molar-refractivity contribution in [1.82, 2.24) is 4.98 Å². The van der Waals surface area contributed by atoms with Crippen molar-refractivity contribution in [3.05, 3.63) is 12.0 Å². The smallest absolute Gasteiger partial charge is 0.294 e.